The number of carbonyl (C=O) groups excluding carboxylic acids is 2. The lowest BCUT2D eigenvalue weighted by Crippen LogP contribution is -2.63. The smallest absolute Gasteiger partial charge is 0.410 e. The van der Waals surface area contributed by atoms with Crippen molar-refractivity contribution in [1.29, 1.82) is 5.26 Å². The molecule has 1 unspecified atom stereocenters. The Morgan fingerprint density at radius 3 is 2.62 bits per heavy atom. The first-order chi connectivity index (χ1) is 9.80. The highest BCUT2D eigenvalue weighted by Gasteiger charge is 2.40. The Hall–Kier alpha value is -1.61. The highest BCUT2D eigenvalue weighted by Crippen LogP contribution is 2.24. The zero-order valence-electron chi connectivity index (χ0n) is 13.0. The molecule has 1 amide bonds. The molecule has 6 nitrogen and oxygen atoms in total. The van der Waals surface area contributed by atoms with Gasteiger partial charge in [-0.1, -0.05) is 0 Å². The molecule has 0 aromatic rings. The lowest BCUT2D eigenvalue weighted by Gasteiger charge is -2.47. The summed E-state index contributed by atoms with van der Waals surface area (Å²) in [6.07, 6.45) is 0.521. The Morgan fingerprint density at radius 1 is 1.38 bits per heavy atom. The molecule has 2 heterocycles. The van der Waals surface area contributed by atoms with E-state index in [9.17, 15) is 9.59 Å². The van der Waals surface area contributed by atoms with Gasteiger partial charge in [0.15, 0.2) is 0 Å². The van der Waals surface area contributed by atoms with E-state index in [0.717, 1.165) is 6.54 Å². The van der Waals surface area contributed by atoms with Crippen molar-refractivity contribution in [3.8, 4) is 6.07 Å². The molecule has 21 heavy (non-hydrogen) atoms. The van der Waals surface area contributed by atoms with Crippen LogP contribution in [0.2, 0.25) is 0 Å². The van der Waals surface area contributed by atoms with Crippen LogP contribution in [0.3, 0.4) is 0 Å². The summed E-state index contributed by atoms with van der Waals surface area (Å²) in [5, 5.41) is 8.77. The summed E-state index contributed by atoms with van der Waals surface area (Å²) in [6.45, 7) is 8.21. The van der Waals surface area contributed by atoms with E-state index in [0.29, 0.717) is 26.1 Å². The van der Waals surface area contributed by atoms with E-state index in [2.05, 4.69) is 11.0 Å². The average Bonchev–Trinajstić information content (AvgIpc) is 2.29. The van der Waals surface area contributed by atoms with Crippen LogP contribution in [-0.4, -0.2) is 59.5 Å². The number of hydrogen-bond acceptors (Lipinski definition) is 5. The number of ketones is 1. The summed E-state index contributed by atoms with van der Waals surface area (Å²) in [6, 6.07) is 2.37. The maximum atomic E-state index is 11.9. The normalized spacial score (nSPS) is 24.4. The minimum absolute atomic E-state index is 0.167. The lowest BCUT2D eigenvalue weighted by atomic mass is 9.91. The van der Waals surface area contributed by atoms with Crippen molar-refractivity contribution in [2.45, 2.75) is 45.3 Å². The van der Waals surface area contributed by atoms with Crippen LogP contribution < -0.4 is 0 Å². The summed E-state index contributed by atoms with van der Waals surface area (Å²) in [4.78, 5) is 27.5. The SMILES string of the molecule is CC(C)(C)OC(=O)N1CC(N2CCC(=O)C(CC#N)C2)C1. The van der Waals surface area contributed by atoms with E-state index in [-0.39, 0.29) is 30.3 Å². The van der Waals surface area contributed by atoms with Gasteiger partial charge in [-0.2, -0.15) is 5.26 Å². The average molecular weight is 293 g/mol. The zero-order valence-corrected chi connectivity index (χ0v) is 13.0. The van der Waals surface area contributed by atoms with Crippen LogP contribution in [-0.2, 0) is 9.53 Å². The number of hydrogen-bond donors (Lipinski definition) is 0. The molecule has 2 aliphatic rings. The fourth-order valence-electron chi connectivity index (χ4n) is 2.72. The molecule has 0 saturated carbocycles. The monoisotopic (exact) mass is 293 g/mol. The predicted molar refractivity (Wildman–Crippen MR) is 76.5 cm³/mol. The van der Waals surface area contributed by atoms with Crippen LogP contribution >= 0.6 is 0 Å². The number of carbonyl (C=O) groups is 2. The Kier molecular flexibility index (Phi) is 4.52. The minimum Gasteiger partial charge on any atom is -0.444 e. The Bertz CT molecular complexity index is 458. The number of nitriles is 1. The number of ether oxygens (including phenoxy) is 1. The van der Waals surface area contributed by atoms with Gasteiger partial charge < -0.3 is 9.64 Å². The van der Waals surface area contributed by atoms with E-state index in [1.165, 1.54) is 0 Å². The van der Waals surface area contributed by atoms with E-state index in [1.54, 1.807) is 4.90 Å². The van der Waals surface area contributed by atoms with E-state index in [1.807, 2.05) is 20.8 Å². The number of piperidine rings is 1. The number of likely N-dealkylation sites (tertiary alicyclic amines) is 2. The van der Waals surface area contributed by atoms with Crippen molar-refractivity contribution >= 4 is 11.9 Å². The standard InChI is InChI=1S/C15H23N3O3/c1-15(2,3)21-14(20)18-9-12(10-18)17-7-5-13(19)11(8-17)4-6-16/h11-12H,4-5,7-10H2,1-3H3. The highest BCUT2D eigenvalue weighted by molar-refractivity contribution is 5.82. The molecule has 2 fully saturated rings. The molecule has 116 valence electrons. The molecule has 0 N–H and O–H groups in total. The van der Waals surface area contributed by atoms with Gasteiger partial charge in [0.05, 0.1) is 6.07 Å². The van der Waals surface area contributed by atoms with Crippen molar-refractivity contribution in [2.24, 2.45) is 5.92 Å². The van der Waals surface area contributed by atoms with Crippen LogP contribution in [0.5, 0.6) is 0 Å². The van der Waals surface area contributed by atoms with Gasteiger partial charge in [-0.05, 0) is 20.8 Å². The first kappa shape index (κ1) is 15.8. The number of Topliss-reactive ketones (excluding diaryl/α,β-unsaturated/α-hetero) is 1. The first-order valence-electron chi connectivity index (χ1n) is 7.42. The largest absolute Gasteiger partial charge is 0.444 e. The molecule has 0 radical (unpaired) electrons. The zero-order chi connectivity index (χ0) is 15.6. The maximum Gasteiger partial charge on any atom is 0.410 e. The highest BCUT2D eigenvalue weighted by atomic mass is 16.6. The van der Waals surface area contributed by atoms with Crippen LogP contribution in [0.1, 0.15) is 33.6 Å². The second-order valence-electron chi connectivity index (χ2n) is 6.81. The molecular weight excluding hydrogens is 270 g/mol. The fraction of sp³-hybridized carbons (Fsp3) is 0.800. The molecule has 2 saturated heterocycles. The van der Waals surface area contributed by atoms with Crippen molar-refractivity contribution in [2.75, 3.05) is 26.2 Å². The van der Waals surface area contributed by atoms with Crippen molar-refractivity contribution in [3.05, 3.63) is 0 Å². The molecule has 0 spiro atoms. The molecule has 6 heteroatoms. The third-order valence-corrected chi connectivity index (χ3v) is 3.92. The van der Waals surface area contributed by atoms with Crippen LogP contribution in [0, 0.1) is 17.2 Å². The van der Waals surface area contributed by atoms with Crippen molar-refractivity contribution in [3.63, 3.8) is 0 Å². The first-order valence-corrected chi connectivity index (χ1v) is 7.42. The summed E-state index contributed by atoms with van der Waals surface area (Å²) in [5.41, 5.74) is -0.475. The summed E-state index contributed by atoms with van der Waals surface area (Å²) in [7, 11) is 0. The summed E-state index contributed by atoms with van der Waals surface area (Å²) >= 11 is 0. The number of amides is 1. The molecule has 0 bridgehead atoms. The molecular formula is C15H23N3O3. The fourth-order valence-corrected chi connectivity index (χ4v) is 2.72. The van der Waals surface area contributed by atoms with Gasteiger partial charge >= 0.3 is 6.09 Å². The molecule has 2 aliphatic heterocycles. The van der Waals surface area contributed by atoms with Gasteiger partial charge in [-0.3, -0.25) is 9.69 Å². The van der Waals surface area contributed by atoms with Gasteiger partial charge in [0.25, 0.3) is 0 Å². The van der Waals surface area contributed by atoms with Crippen LogP contribution in [0.15, 0.2) is 0 Å². The lowest BCUT2D eigenvalue weighted by molar-refractivity contribution is -0.128. The van der Waals surface area contributed by atoms with Crippen LogP contribution in [0.25, 0.3) is 0 Å². The molecule has 2 rings (SSSR count). The van der Waals surface area contributed by atoms with Crippen molar-refractivity contribution < 1.29 is 14.3 Å². The number of rotatable bonds is 2. The van der Waals surface area contributed by atoms with E-state index >= 15 is 0 Å². The topological polar surface area (TPSA) is 73.6 Å². The summed E-state index contributed by atoms with van der Waals surface area (Å²) in [5.74, 6) is 0.0236. The van der Waals surface area contributed by atoms with E-state index < -0.39 is 5.60 Å². The third-order valence-electron chi connectivity index (χ3n) is 3.92. The third kappa shape index (κ3) is 3.94. The second-order valence-corrected chi connectivity index (χ2v) is 6.81. The predicted octanol–water partition coefficient (Wildman–Crippen LogP) is 1.41. The number of nitrogens with zero attached hydrogens (tertiary/aromatic N) is 3. The maximum absolute atomic E-state index is 11.9. The quantitative estimate of drug-likeness (QED) is 0.769. The molecule has 0 aromatic heterocycles. The van der Waals surface area contributed by atoms with Gasteiger partial charge in [0, 0.05) is 51.0 Å². The molecule has 0 aromatic carbocycles. The van der Waals surface area contributed by atoms with Gasteiger partial charge in [-0.25, -0.2) is 4.79 Å². The minimum atomic E-state index is -0.475. The van der Waals surface area contributed by atoms with Crippen molar-refractivity contribution in [1.82, 2.24) is 9.80 Å². The van der Waals surface area contributed by atoms with Crippen LogP contribution in [0.4, 0.5) is 4.79 Å². The Labute approximate surface area is 125 Å². The Morgan fingerprint density at radius 2 is 2.05 bits per heavy atom. The molecule has 0 aliphatic carbocycles. The molecule has 1 atom stereocenters. The van der Waals surface area contributed by atoms with Gasteiger partial charge in [0.1, 0.15) is 11.4 Å². The van der Waals surface area contributed by atoms with Gasteiger partial charge in [-0.15, -0.1) is 0 Å². The second kappa shape index (κ2) is 6.02. The Balaban J connectivity index is 1.80. The van der Waals surface area contributed by atoms with Gasteiger partial charge in [0.2, 0.25) is 0 Å². The summed E-state index contributed by atoms with van der Waals surface area (Å²) < 4.78 is 5.33. The van der Waals surface area contributed by atoms with E-state index in [4.69, 9.17) is 10.00 Å².